The number of nitrogens with one attached hydrogen (secondary N) is 1. The van der Waals surface area contributed by atoms with Crippen LogP contribution in [0.4, 0.5) is 5.69 Å². The van der Waals surface area contributed by atoms with Crippen molar-refractivity contribution in [3.63, 3.8) is 0 Å². The Kier molecular flexibility index (Phi) is 6.44. The maximum Gasteiger partial charge on any atom is 0.264 e. The average Bonchev–Trinajstić information content (AvgIpc) is 3.25. The van der Waals surface area contributed by atoms with Gasteiger partial charge in [-0.25, -0.2) is 8.42 Å². The molecule has 2 aromatic rings. The highest BCUT2D eigenvalue weighted by molar-refractivity contribution is 7.92. The highest BCUT2D eigenvalue weighted by atomic mass is 32.2. The van der Waals surface area contributed by atoms with Gasteiger partial charge in [-0.05, 0) is 61.7 Å². The normalized spacial score (nSPS) is 16.4. The minimum absolute atomic E-state index is 0.0435. The lowest BCUT2D eigenvalue weighted by Gasteiger charge is -2.22. The molecular weight excluding hydrogens is 392 g/mol. The zero-order chi connectivity index (χ0) is 21.0. The molecule has 1 saturated heterocycles. The van der Waals surface area contributed by atoms with Crippen LogP contribution in [0.25, 0.3) is 0 Å². The van der Waals surface area contributed by atoms with Crippen molar-refractivity contribution in [3.05, 3.63) is 53.6 Å². The van der Waals surface area contributed by atoms with Gasteiger partial charge in [-0.2, -0.15) is 0 Å². The summed E-state index contributed by atoms with van der Waals surface area (Å²) in [5, 5.41) is 2.86. The van der Waals surface area contributed by atoms with E-state index >= 15 is 0 Å². The summed E-state index contributed by atoms with van der Waals surface area (Å²) in [5.41, 5.74) is 1.60. The van der Waals surface area contributed by atoms with Crippen molar-refractivity contribution in [2.24, 2.45) is 0 Å². The summed E-state index contributed by atoms with van der Waals surface area (Å²) in [4.78, 5) is 12.7. The average molecular weight is 419 g/mol. The molecule has 1 heterocycles. The predicted molar refractivity (Wildman–Crippen MR) is 111 cm³/mol. The first-order valence-corrected chi connectivity index (χ1v) is 10.9. The summed E-state index contributed by atoms with van der Waals surface area (Å²) in [7, 11) is -0.777. The Balaban J connectivity index is 1.81. The fourth-order valence-electron chi connectivity index (χ4n) is 3.24. The Hall–Kier alpha value is -2.58. The minimum atomic E-state index is -3.78. The van der Waals surface area contributed by atoms with Crippen LogP contribution in [-0.2, 0) is 14.8 Å². The molecule has 1 amide bonds. The molecule has 2 aromatic carbocycles. The van der Waals surface area contributed by atoms with Crippen molar-refractivity contribution in [3.8, 4) is 5.75 Å². The van der Waals surface area contributed by atoms with Crippen molar-refractivity contribution in [2.45, 2.75) is 30.8 Å². The number of carbonyl (C=O) groups excluding carboxylic acids is 1. The second kappa shape index (κ2) is 8.84. The van der Waals surface area contributed by atoms with E-state index in [1.165, 1.54) is 30.6 Å². The monoisotopic (exact) mass is 418 g/mol. The van der Waals surface area contributed by atoms with E-state index in [4.69, 9.17) is 9.47 Å². The Morgan fingerprint density at radius 2 is 1.97 bits per heavy atom. The zero-order valence-corrected chi connectivity index (χ0v) is 17.7. The van der Waals surface area contributed by atoms with Crippen LogP contribution in [0.1, 0.15) is 28.8 Å². The van der Waals surface area contributed by atoms with Gasteiger partial charge in [0.15, 0.2) is 0 Å². The van der Waals surface area contributed by atoms with Gasteiger partial charge in [-0.1, -0.05) is 6.07 Å². The number of carbonyl (C=O) groups is 1. The topological polar surface area (TPSA) is 84.9 Å². The number of benzene rings is 2. The van der Waals surface area contributed by atoms with Crippen molar-refractivity contribution in [2.75, 3.05) is 31.6 Å². The molecule has 1 N–H and O–H groups in total. The van der Waals surface area contributed by atoms with Gasteiger partial charge in [-0.15, -0.1) is 0 Å². The molecular formula is C21H26N2O5S. The van der Waals surface area contributed by atoms with E-state index in [0.717, 1.165) is 25.0 Å². The van der Waals surface area contributed by atoms with Crippen LogP contribution in [0.15, 0.2) is 47.4 Å². The molecule has 1 aliphatic heterocycles. The number of rotatable bonds is 7. The fraction of sp³-hybridized carbons (Fsp3) is 0.381. The molecule has 0 aromatic heterocycles. The lowest BCUT2D eigenvalue weighted by Crippen LogP contribution is -2.32. The van der Waals surface area contributed by atoms with E-state index in [0.29, 0.717) is 23.5 Å². The van der Waals surface area contributed by atoms with Crippen LogP contribution in [0.3, 0.4) is 0 Å². The first-order valence-electron chi connectivity index (χ1n) is 9.46. The van der Waals surface area contributed by atoms with Crippen LogP contribution in [0.5, 0.6) is 5.75 Å². The largest absolute Gasteiger partial charge is 0.497 e. The summed E-state index contributed by atoms with van der Waals surface area (Å²) >= 11 is 0. The van der Waals surface area contributed by atoms with Gasteiger partial charge >= 0.3 is 0 Å². The summed E-state index contributed by atoms with van der Waals surface area (Å²) in [6.45, 7) is 2.98. The van der Waals surface area contributed by atoms with Crippen molar-refractivity contribution < 1.29 is 22.7 Å². The van der Waals surface area contributed by atoms with Crippen LogP contribution in [-0.4, -0.2) is 47.7 Å². The smallest absolute Gasteiger partial charge is 0.264 e. The molecule has 0 saturated carbocycles. The predicted octanol–water partition coefficient (Wildman–Crippen LogP) is 2.74. The molecule has 0 radical (unpaired) electrons. The van der Waals surface area contributed by atoms with E-state index in [1.54, 1.807) is 30.3 Å². The van der Waals surface area contributed by atoms with Crippen molar-refractivity contribution >= 4 is 21.6 Å². The third-order valence-electron chi connectivity index (χ3n) is 5.04. The molecule has 0 unspecified atom stereocenters. The van der Waals surface area contributed by atoms with Crippen LogP contribution >= 0.6 is 0 Å². The maximum atomic E-state index is 13.0. The summed E-state index contributed by atoms with van der Waals surface area (Å²) in [6, 6.07) is 11.2. The second-order valence-electron chi connectivity index (χ2n) is 6.99. The number of methoxy groups -OCH3 is 1. The minimum Gasteiger partial charge on any atom is -0.497 e. The van der Waals surface area contributed by atoms with Gasteiger partial charge in [-0.3, -0.25) is 9.10 Å². The number of ether oxygens (including phenoxy) is 2. The Morgan fingerprint density at radius 1 is 1.24 bits per heavy atom. The molecule has 8 heteroatoms. The summed E-state index contributed by atoms with van der Waals surface area (Å²) in [6.07, 6.45) is 1.98. The lowest BCUT2D eigenvalue weighted by atomic mass is 10.1. The van der Waals surface area contributed by atoms with E-state index in [-0.39, 0.29) is 16.9 Å². The van der Waals surface area contributed by atoms with Gasteiger partial charge < -0.3 is 14.8 Å². The maximum absolute atomic E-state index is 13.0. The quantitative estimate of drug-likeness (QED) is 0.747. The zero-order valence-electron chi connectivity index (χ0n) is 16.8. The number of hydrogen-bond donors (Lipinski definition) is 1. The Morgan fingerprint density at radius 3 is 2.59 bits per heavy atom. The van der Waals surface area contributed by atoms with Crippen LogP contribution < -0.4 is 14.4 Å². The Bertz CT molecular complexity index is 967. The number of hydrogen-bond acceptors (Lipinski definition) is 5. The molecule has 1 atom stereocenters. The van der Waals surface area contributed by atoms with E-state index < -0.39 is 10.0 Å². The van der Waals surface area contributed by atoms with E-state index in [1.807, 2.05) is 6.92 Å². The third kappa shape index (κ3) is 4.71. The summed E-state index contributed by atoms with van der Waals surface area (Å²) in [5.74, 6) is 0.324. The molecule has 156 valence electrons. The Labute approximate surface area is 171 Å². The standard InChI is InChI=1S/C21H26N2O5S/c1-15-6-7-16(21(24)22-14-18-5-4-12-28-18)13-20(15)23(2)29(25,26)19-10-8-17(27-3)9-11-19/h6-11,13,18H,4-5,12,14H2,1-3H3,(H,22,24)/t18-/m0/s1. The van der Waals surface area contributed by atoms with Gasteiger partial charge in [0.1, 0.15) is 5.75 Å². The molecule has 3 rings (SSSR count). The second-order valence-corrected chi connectivity index (χ2v) is 8.96. The lowest BCUT2D eigenvalue weighted by molar-refractivity contribution is 0.0858. The van der Waals surface area contributed by atoms with E-state index in [9.17, 15) is 13.2 Å². The van der Waals surface area contributed by atoms with Crippen LogP contribution in [0.2, 0.25) is 0 Å². The molecule has 1 aliphatic rings. The number of amides is 1. The molecule has 29 heavy (non-hydrogen) atoms. The molecule has 7 nitrogen and oxygen atoms in total. The highest BCUT2D eigenvalue weighted by Crippen LogP contribution is 2.27. The number of aryl methyl sites for hydroxylation is 1. The van der Waals surface area contributed by atoms with Crippen LogP contribution in [0, 0.1) is 6.92 Å². The SMILES string of the molecule is COc1ccc(S(=O)(=O)N(C)c2cc(C(=O)NC[C@@H]3CCCO3)ccc2C)cc1. The first-order chi connectivity index (χ1) is 13.8. The first kappa shape index (κ1) is 21.1. The number of anilines is 1. The van der Waals surface area contributed by atoms with Crippen molar-refractivity contribution in [1.29, 1.82) is 0 Å². The number of sulfonamides is 1. The highest BCUT2D eigenvalue weighted by Gasteiger charge is 2.24. The van der Waals surface area contributed by atoms with Gasteiger partial charge in [0, 0.05) is 25.8 Å². The molecule has 1 fully saturated rings. The molecule has 0 spiro atoms. The molecule has 0 bridgehead atoms. The van der Waals surface area contributed by atoms with E-state index in [2.05, 4.69) is 5.32 Å². The summed E-state index contributed by atoms with van der Waals surface area (Å²) < 4.78 is 37.9. The number of nitrogens with zero attached hydrogens (tertiary/aromatic N) is 1. The fourth-order valence-corrected chi connectivity index (χ4v) is 4.49. The van der Waals surface area contributed by atoms with Gasteiger partial charge in [0.05, 0.1) is 23.8 Å². The van der Waals surface area contributed by atoms with Gasteiger partial charge in [0.25, 0.3) is 15.9 Å². The third-order valence-corrected chi connectivity index (χ3v) is 6.83. The molecule has 0 aliphatic carbocycles. The van der Waals surface area contributed by atoms with Crippen molar-refractivity contribution in [1.82, 2.24) is 5.32 Å². The van der Waals surface area contributed by atoms with Gasteiger partial charge in [0.2, 0.25) is 0 Å².